The van der Waals surface area contributed by atoms with Crippen molar-refractivity contribution in [2.24, 2.45) is 10.3 Å². The summed E-state index contributed by atoms with van der Waals surface area (Å²) in [6, 6.07) is 8.84. The van der Waals surface area contributed by atoms with Crippen molar-refractivity contribution in [2.75, 3.05) is 14.1 Å². The van der Waals surface area contributed by atoms with Gasteiger partial charge in [0.1, 0.15) is 6.34 Å². The van der Waals surface area contributed by atoms with Crippen LogP contribution < -0.4 is 0 Å². The Hall–Kier alpha value is -1.87. The van der Waals surface area contributed by atoms with Crippen LogP contribution in [0.4, 0.5) is 0 Å². The van der Waals surface area contributed by atoms with Crippen LogP contribution in [0.25, 0.3) is 0 Å². The fourth-order valence-electron chi connectivity index (χ4n) is 1.81. The summed E-state index contributed by atoms with van der Waals surface area (Å²) in [6.45, 7) is 0. The van der Waals surface area contributed by atoms with E-state index in [0.717, 1.165) is 12.0 Å². The summed E-state index contributed by atoms with van der Waals surface area (Å²) in [7, 11) is -0.223. The van der Waals surface area contributed by atoms with E-state index in [4.69, 9.17) is 5.26 Å². The number of hydrogen-bond donors (Lipinski definition) is 0. The van der Waals surface area contributed by atoms with Gasteiger partial charge in [0.05, 0.1) is 16.9 Å². The zero-order valence-electron chi connectivity index (χ0n) is 10.8. The first-order valence-corrected chi connectivity index (χ1v) is 7.34. The number of benzene rings is 1. The average molecular weight is 277 g/mol. The van der Waals surface area contributed by atoms with Crippen LogP contribution in [0.15, 0.2) is 33.6 Å². The Labute approximate surface area is 113 Å². The van der Waals surface area contributed by atoms with E-state index in [1.807, 2.05) is 0 Å². The van der Waals surface area contributed by atoms with E-state index in [1.165, 1.54) is 6.34 Å². The minimum absolute atomic E-state index is 0.0780. The molecule has 0 saturated heterocycles. The Morgan fingerprint density at radius 2 is 2.00 bits per heavy atom. The van der Waals surface area contributed by atoms with Gasteiger partial charge in [-0.2, -0.15) is 13.7 Å². The van der Waals surface area contributed by atoms with Crippen LogP contribution in [0.2, 0.25) is 0 Å². The third-order valence-electron chi connectivity index (χ3n) is 2.98. The van der Waals surface area contributed by atoms with E-state index in [0.29, 0.717) is 0 Å². The predicted molar refractivity (Wildman–Crippen MR) is 72.3 cm³/mol. The molecule has 0 amide bonds. The summed E-state index contributed by atoms with van der Waals surface area (Å²) in [5.41, 5.74) is 1.02. The molecule has 0 N–H and O–H groups in total. The van der Waals surface area contributed by atoms with Crippen molar-refractivity contribution in [1.82, 2.24) is 4.90 Å². The van der Waals surface area contributed by atoms with Gasteiger partial charge in [-0.15, -0.1) is 4.40 Å². The summed E-state index contributed by atoms with van der Waals surface area (Å²) < 4.78 is 27.3. The molecule has 0 aromatic heterocycles. The van der Waals surface area contributed by atoms with Crippen LogP contribution in [0.1, 0.15) is 17.9 Å². The second kappa shape index (κ2) is 5.02. The Bertz CT molecular complexity index is 627. The predicted octanol–water partition coefficient (Wildman–Crippen LogP) is 1.59. The largest absolute Gasteiger partial charge is 0.368 e. The van der Waals surface area contributed by atoms with Crippen molar-refractivity contribution in [3.63, 3.8) is 0 Å². The van der Waals surface area contributed by atoms with Gasteiger partial charge in [0.25, 0.3) is 10.0 Å². The van der Waals surface area contributed by atoms with Crippen LogP contribution in [0.5, 0.6) is 0 Å². The van der Waals surface area contributed by atoms with Gasteiger partial charge in [-0.05, 0) is 24.1 Å². The van der Waals surface area contributed by atoms with Gasteiger partial charge in [-0.3, -0.25) is 0 Å². The lowest BCUT2D eigenvalue weighted by Gasteiger charge is -2.04. The van der Waals surface area contributed by atoms with Crippen molar-refractivity contribution in [3.8, 4) is 6.07 Å². The quantitative estimate of drug-likeness (QED) is 0.619. The Morgan fingerprint density at radius 3 is 2.47 bits per heavy atom. The van der Waals surface area contributed by atoms with Crippen LogP contribution >= 0.6 is 0 Å². The smallest absolute Gasteiger partial charge is 0.283 e. The van der Waals surface area contributed by atoms with E-state index in [1.54, 1.807) is 43.3 Å². The van der Waals surface area contributed by atoms with Crippen molar-refractivity contribution in [2.45, 2.75) is 17.2 Å². The van der Waals surface area contributed by atoms with Crippen molar-refractivity contribution in [3.05, 3.63) is 29.8 Å². The molecule has 0 heterocycles. The third kappa shape index (κ3) is 3.12. The molecule has 0 bridgehead atoms. The molecule has 100 valence electrons. The van der Waals surface area contributed by atoms with Crippen LogP contribution in [0, 0.1) is 17.2 Å². The molecular weight excluding hydrogens is 262 g/mol. The summed E-state index contributed by atoms with van der Waals surface area (Å²) in [6.07, 6.45) is 2.12. The maximum Gasteiger partial charge on any atom is 0.283 e. The van der Waals surface area contributed by atoms with Crippen molar-refractivity contribution in [1.29, 1.82) is 5.26 Å². The van der Waals surface area contributed by atoms with Gasteiger partial charge in [0.2, 0.25) is 0 Å². The lowest BCUT2D eigenvalue weighted by atomic mass is 10.1. The SMILES string of the molecule is CN(C)/C=N/S(=O)(=O)c1ccc([C@@H]2C[C@H]2C#N)cc1. The van der Waals surface area contributed by atoms with Gasteiger partial charge in [0, 0.05) is 20.0 Å². The van der Waals surface area contributed by atoms with Crippen molar-refractivity contribution < 1.29 is 8.42 Å². The number of rotatable bonds is 4. The first kappa shape index (κ1) is 13.6. The monoisotopic (exact) mass is 277 g/mol. The highest BCUT2D eigenvalue weighted by Gasteiger charge is 2.38. The van der Waals surface area contributed by atoms with Gasteiger partial charge in [0.15, 0.2) is 0 Å². The Balaban J connectivity index is 2.17. The highest BCUT2D eigenvalue weighted by molar-refractivity contribution is 7.90. The molecule has 5 nitrogen and oxygen atoms in total. The summed E-state index contributed by atoms with van der Waals surface area (Å²) in [4.78, 5) is 1.73. The molecule has 0 aliphatic heterocycles. The van der Waals surface area contributed by atoms with Crippen LogP contribution in [0.3, 0.4) is 0 Å². The molecule has 1 aromatic rings. The van der Waals surface area contributed by atoms with E-state index in [2.05, 4.69) is 10.5 Å². The molecule has 0 unspecified atom stereocenters. The maximum absolute atomic E-state index is 11.9. The van der Waals surface area contributed by atoms with Gasteiger partial charge < -0.3 is 4.90 Å². The fraction of sp³-hybridized carbons (Fsp3) is 0.385. The van der Waals surface area contributed by atoms with E-state index in [9.17, 15) is 8.42 Å². The number of sulfonamides is 1. The molecular formula is C13H15N3O2S. The first-order valence-electron chi connectivity index (χ1n) is 5.90. The standard InChI is InChI=1S/C13H15N3O2S/c1-16(2)9-15-19(17,18)12-5-3-10(4-6-12)13-7-11(13)8-14/h3-6,9,11,13H,7H2,1-2H3/b15-9+/t11-,13-/m0/s1. The van der Waals surface area contributed by atoms with Gasteiger partial charge in [-0.1, -0.05) is 12.1 Å². The molecule has 6 heteroatoms. The molecule has 1 aliphatic rings. The molecule has 1 fully saturated rings. The normalized spacial score (nSPS) is 22.2. The Kier molecular flexibility index (Phi) is 3.58. The second-order valence-corrected chi connectivity index (χ2v) is 6.44. The van der Waals surface area contributed by atoms with Gasteiger partial charge in [-0.25, -0.2) is 0 Å². The summed E-state index contributed by atoms with van der Waals surface area (Å²) >= 11 is 0. The molecule has 2 atom stereocenters. The third-order valence-corrected chi connectivity index (χ3v) is 4.22. The summed E-state index contributed by atoms with van der Waals surface area (Å²) in [5.74, 6) is 0.334. The minimum atomic E-state index is -3.63. The van der Waals surface area contributed by atoms with E-state index < -0.39 is 10.0 Å². The molecule has 0 spiro atoms. The van der Waals surface area contributed by atoms with Crippen molar-refractivity contribution >= 4 is 16.4 Å². The minimum Gasteiger partial charge on any atom is -0.368 e. The molecule has 0 radical (unpaired) electrons. The van der Waals surface area contributed by atoms with Crippen LogP contribution in [-0.2, 0) is 10.0 Å². The topological polar surface area (TPSA) is 73.5 Å². The zero-order valence-corrected chi connectivity index (χ0v) is 11.6. The average Bonchev–Trinajstić information content (AvgIpc) is 3.16. The molecule has 1 saturated carbocycles. The van der Waals surface area contributed by atoms with E-state index >= 15 is 0 Å². The zero-order chi connectivity index (χ0) is 14.0. The fourth-order valence-corrected chi connectivity index (χ4v) is 2.72. The molecule has 1 aliphatic carbocycles. The lowest BCUT2D eigenvalue weighted by Crippen LogP contribution is -2.10. The number of nitrogens with zero attached hydrogens (tertiary/aromatic N) is 3. The molecule has 2 rings (SSSR count). The summed E-state index contributed by atoms with van der Waals surface area (Å²) in [5, 5.41) is 8.77. The number of nitriles is 1. The van der Waals surface area contributed by atoms with E-state index in [-0.39, 0.29) is 16.7 Å². The Morgan fingerprint density at radius 1 is 1.37 bits per heavy atom. The number of hydrogen-bond acceptors (Lipinski definition) is 3. The lowest BCUT2D eigenvalue weighted by molar-refractivity contribution is 0.594. The first-order chi connectivity index (χ1) is 8.94. The van der Waals surface area contributed by atoms with Gasteiger partial charge >= 0.3 is 0 Å². The maximum atomic E-state index is 11.9. The highest BCUT2D eigenvalue weighted by Crippen LogP contribution is 2.46. The highest BCUT2D eigenvalue weighted by atomic mass is 32.2. The molecule has 19 heavy (non-hydrogen) atoms. The second-order valence-electron chi connectivity index (χ2n) is 4.81. The molecule has 1 aromatic carbocycles. The van der Waals surface area contributed by atoms with Crippen LogP contribution in [-0.4, -0.2) is 33.8 Å².